The van der Waals surface area contributed by atoms with E-state index in [0.29, 0.717) is 26.1 Å². The van der Waals surface area contributed by atoms with Crippen LogP contribution in [0.4, 0.5) is 0 Å². The molecule has 0 saturated carbocycles. The SMILES string of the molecule is CCOc1cccc(OCCCCS(=O)(=O)Cl)c1. The number of hydrogen-bond donors (Lipinski definition) is 0. The summed E-state index contributed by atoms with van der Waals surface area (Å²) < 4.78 is 32.2. The number of benzene rings is 1. The largest absolute Gasteiger partial charge is 0.494 e. The molecule has 0 aliphatic heterocycles. The highest BCUT2D eigenvalue weighted by atomic mass is 35.7. The van der Waals surface area contributed by atoms with E-state index in [2.05, 4.69) is 0 Å². The van der Waals surface area contributed by atoms with Gasteiger partial charge >= 0.3 is 0 Å². The van der Waals surface area contributed by atoms with E-state index in [9.17, 15) is 8.42 Å². The highest BCUT2D eigenvalue weighted by Crippen LogP contribution is 2.19. The third-order valence-corrected chi connectivity index (χ3v) is 3.41. The lowest BCUT2D eigenvalue weighted by Gasteiger charge is -2.08. The smallest absolute Gasteiger partial charge is 0.232 e. The minimum Gasteiger partial charge on any atom is -0.494 e. The zero-order valence-corrected chi connectivity index (χ0v) is 11.8. The molecule has 1 aromatic carbocycles. The van der Waals surface area contributed by atoms with Gasteiger partial charge in [0.15, 0.2) is 0 Å². The number of halogens is 1. The molecule has 0 bridgehead atoms. The second kappa shape index (κ2) is 7.48. The Kier molecular flexibility index (Phi) is 6.29. The van der Waals surface area contributed by atoms with Gasteiger partial charge in [-0.2, -0.15) is 0 Å². The predicted octanol–water partition coefficient (Wildman–Crippen LogP) is 2.81. The van der Waals surface area contributed by atoms with E-state index < -0.39 is 9.05 Å². The molecule has 0 atom stereocenters. The first kappa shape index (κ1) is 15.1. The van der Waals surface area contributed by atoms with Crippen LogP contribution in [0.5, 0.6) is 11.5 Å². The Labute approximate surface area is 112 Å². The van der Waals surface area contributed by atoms with Gasteiger partial charge in [-0.15, -0.1) is 0 Å². The van der Waals surface area contributed by atoms with Crippen molar-refractivity contribution in [2.75, 3.05) is 19.0 Å². The van der Waals surface area contributed by atoms with Crippen LogP contribution >= 0.6 is 10.7 Å². The summed E-state index contributed by atoms with van der Waals surface area (Å²) in [7, 11) is 1.71. The summed E-state index contributed by atoms with van der Waals surface area (Å²) in [4.78, 5) is 0. The highest BCUT2D eigenvalue weighted by molar-refractivity contribution is 8.13. The molecule has 6 heteroatoms. The van der Waals surface area contributed by atoms with Crippen LogP contribution in [0.3, 0.4) is 0 Å². The van der Waals surface area contributed by atoms with Crippen LogP contribution in [0.15, 0.2) is 24.3 Å². The molecule has 1 aromatic rings. The third kappa shape index (κ3) is 6.71. The molecule has 4 nitrogen and oxygen atoms in total. The first-order valence-corrected chi connectivity index (χ1v) is 8.27. The fraction of sp³-hybridized carbons (Fsp3) is 0.500. The van der Waals surface area contributed by atoms with E-state index in [1.807, 2.05) is 31.2 Å². The predicted molar refractivity (Wildman–Crippen MR) is 72.0 cm³/mol. The molecule has 0 aliphatic carbocycles. The van der Waals surface area contributed by atoms with Gasteiger partial charge in [-0.3, -0.25) is 0 Å². The number of unbranched alkanes of at least 4 members (excludes halogenated alkanes) is 1. The zero-order chi connectivity index (χ0) is 13.4. The minimum absolute atomic E-state index is 0.0170. The van der Waals surface area contributed by atoms with Crippen molar-refractivity contribution in [1.29, 1.82) is 0 Å². The topological polar surface area (TPSA) is 52.6 Å². The Morgan fingerprint density at radius 2 is 1.83 bits per heavy atom. The molecule has 0 unspecified atom stereocenters. The van der Waals surface area contributed by atoms with Crippen LogP contribution in [-0.2, 0) is 9.05 Å². The molecule has 0 amide bonds. The minimum atomic E-state index is -3.39. The summed E-state index contributed by atoms with van der Waals surface area (Å²) in [5, 5.41) is 0. The molecule has 0 spiro atoms. The Balaban J connectivity index is 2.28. The van der Waals surface area contributed by atoms with Gasteiger partial charge < -0.3 is 9.47 Å². The fourth-order valence-electron chi connectivity index (χ4n) is 1.39. The monoisotopic (exact) mass is 292 g/mol. The Morgan fingerprint density at radius 1 is 1.17 bits per heavy atom. The molecule has 0 heterocycles. The average molecular weight is 293 g/mol. The fourth-order valence-corrected chi connectivity index (χ4v) is 2.26. The van der Waals surface area contributed by atoms with Crippen LogP contribution in [-0.4, -0.2) is 27.4 Å². The van der Waals surface area contributed by atoms with Crippen molar-refractivity contribution in [3.63, 3.8) is 0 Å². The van der Waals surface area contributed by atoms with Crippen molar-refractivity contribution < 1.29 is 17.9 Å². The maximum atomic E-state index is 10.7. The van der Waals surface area contributed by atoms with Crippen molar-refractivity contribution >= 4 is 19.7 Å². The molecule has 0 aromatic heterocycles. The number of rotatable bonds is 8. The average Bonchev–Trinajstić information content (AvgIpc) is 2.28. The summed E-state index contributed by atoms with van der Waals surface area (Å²) in [5.41, 5.74) is 0. The molecule has 1 rings (SSSR count). The molecule has 102 valence electrons. The molecule has 0 N–H and O–H groups in total. The summed E-state index contributed by atoms with van der Waals surface area (Å²) in [6.45, 7) is 2.99. The molecule has 0 saturated heterocycles. The second-order valence-corrected chi connectivity index (χ2v) is 6.60. The van der Waals surface area contributed by atoms with Crippen molar-refractivity contribution in [3.8, 4) is 11.5 Å². The number of ether oxygens (including phenoxy) is 2. The van der Waals surface area contributed by atoms with Crippen LogP contribution in [0.25, 0.3) is 0 Å². The molecule has 0 aliphatic rings. The van der Waals surface area contributed by atoms with Gasteiger partial charge in [0.1, 0.15) is 11.5 Å². The normalized spacial score (nSPS) is 11.2. The van der Waals surface area contributed by atoms with Gasteiger partial charge in [0.05, 0.1) is 19.0 Å². The quantitative estimate of drug-likeness (QED) is 0.546. The Hall–Kier alpha value is -0.940. The zero-order valence-electron chi connectivity index (χ0n) is 10.3. The van der Waals surface area contributed by atoms with Crippen LogP contribution in [0, 0.1) is 0 Å². The van der Waals surface area contributed by atoms with Gasteiger partial charge in [0.25, 0.3) is 0 Å². The third-order valence-electron chi connectivity index (χ3n) is 2.17. The first-order valence-electron chi connectivity index (χ1n) is 5.79. The number of hydrogen-bond acceptors (Lipinski definition) is 4. The van der Waals surface area contributed by atoms with Crippen molar-refractivity contribution in [3.05, 3.63) is 24.3 Å². The van der Waals surface area contributed by atoms with Gasteiger partial charge in [0.2, 0.25) is 9.05 Å². The van der Waals surface area contributed by atoms with Crippen molar-refractivity contribution in [1.82, 2.24) is 0 Å². The Morgan fingerprint density at radius 3 is 2.44 bits per heavy atom. The maximum absolute atomic E-state index is 10.7. The maximum Gasteiger partial charge on any atom is 0.232 e. The Bertz CT molecular complexity index is 459. The lowest BCUT2D eigenvalue weighted by Crippen LogP contribution is -2.02. The van der Waals surface area contributed by atoms with E-state index in [1.54, 1.807) is 0 Å². The molecular weight excluding hydrogens is 276 g/mol. The highest BCUT2D eigenvalue weighted by Gasteiger charge is 2.04. The standard InChI is InChI=1S/C12H17ClO4S/c1-2-16-11-6-5-7-12(10-11)17-8-3-4-9-18(13,14)15/h5-7,10H,2-4,8-9H2,1H3. The molecular formula is C12H17ClO4S. The van der Waals surface area contributed by atoms with Gasteiger partial charge in [-0.1, -0.05) is 6.07 Å². The molecule has 18 heavy (non-hydrogen) atoms. The first-order chi connectivity index (χ1) is 8.51. The van der Waals surface area contributed by atoms with E-state index >= 15 is 0 Å². The van der Waals surface area contributed by atoms with Gasteiger partial charge in [-0.25, -0.2) is 8.42 Å². The van der Waals surface area contributed by atoms with Gasteiger partial charge in [-0.05, 0) is 31.9 Å². The molecule has 0 radical (unpaired) electrons. The lowest BCUT2D eigenvalue weighted by molar-refractivity contribution is 0.303. The summed E-state index contributed by atoms with van der Waals surface area (Å²) in [6, 6.07) is 7.35. The van der Waals surface area contributed by atoms with E-state index in [1.165, 1.54) is 0 Å². The van der Waals surface area contributed by atoms with Crippen LogP contribution < -0.4 is 9.47 Å². The summed E-state index contributed by atoms with van der Waals surface area (Å²) in [6.07, 6.45) is 1.14. The van der Waals surface area contributed by atoms with E-state index in [-0.39, 0.29) is 5.75 Å². The summed E-state index contributed by atoms with van der Waals surface area (Å²) >= 11 is 0. The van der Waals surface area contributed by atoms with Crippen molar-refractivity contribution in [2.45, 2.75) is 19.8 Å². The second-order valence-electron chi connectivity index (χ2n) is 3.71. The van der Waals surface area contributed by atoms with Crippen LogP contribution in [0.2, 0.25) is 0 Å². The van der Waals surface area contributed by atoms with Gasteiger partial charge in [0, 0.05) is 16.7 Å². The lowest BCUT2D eigenvalue weighted by atomic mass is 10.3. The van der Waals surface area contributed by atoms with E-state index in [4.69, 9.17) is 20.2 Å². The van der Waals surface area contributed by atoms with E-state index in [0.717, 1.165) is 11.5 Å². The van der Waals surface area contributed by atoms with Crippen LogP contribution in [0.1, 0.15) is 19.8 Å². The molecule has 0 fully saturated rings. The van der Waals surface area contributed by atoms with Crippen molar-refractivity contribution in [2.24, 2.45) is 0 Å². The summed E-state index contributed by atoms with van der Waals surface area (Å²) in [5.74, 6) is 1.46.